The lowest BCUT2D eigenvalue weighted by molar-refractivity contribution is 0.238. The second-order valence-electron chi connectivity index (χ2n) is 7.39. The topological polar surface area (TPSA) is 137 Å². The number of pyridine rings is 1. The number of nitriles is 1. The molecule has 0 unspecified atom stereocenters. The van der Waals surface area contributed by atoms with Crippen molar-refractivity contribution in [1.82, 2.24) is 15.6 Å². The first kappa shape index (κ1) is 26.1. The van der Waals surface area contributed by atoms with Gasteiger partial charge in [-0.2, -0.15) is 5.26 Å². The molecule has 0 aliphatic rings. The predicted octanol–water partition coefficient (Wildman–Crippen LogP) is 4.53. The van der Waals surface area contributed by atoms with Crippen molar-refractivity contribution in [2.45, 2.75) is 13.0 Å². The summed E-state index contributed by atoms with van der Waals surface area (Å²) < 4.78 is 11.0. The normalized spacial score (nSPS) is 10.0. The molecule has 4 N–H and O–H groups in total. The third-order valence-electron chi connectivity index (χ3n) is 4.82. The minimum atomic E-state index is -0.548. The van der Waals surface area contributed by atoms with Crippen LogP contribution < -0.4 is 30.7 Å². The molecule has 0 saturated heterocycles. The highest BCUT2D eigenvalue weighted by molar-refractivity contribution is 6.31. The fraction of sp³-hybridized carbons (Fsp3) is 0.200. The lowest BCUT2D eigenvalue weighted by Crippen LogP contribution is -2.36. The van der Waals surface area contributed by atoms with Gasteiger partial charge in [-0.25, -0.2) is 14.6 Å². The summed E-state index contributed by atoms with van der Waals surface area (Å²) in [6.45, 7) is 1.02. The van der Waals surface area contributed by atoms with Crippen molar-refractivity contribution in [3.05, 3.63) is 76.9 Å². The Morgan fingerprint density at radius 3 is 2.61 bits per heavy atom. The number of para-hydroxylation sites is 1. The van der Waals surface area contributed by atoms with Crippen LogP contribution in [0.1, 0.15) is 17.5 Å². The highest BCUT2D eigenvalue weighted by Crippen LogP contribution is 2.28. The van der Waals surface area contributed by atoms with E-state index in [1.54, 1.807) is 31.4 Å². The van der Waals surface area contributed by atoms with Crippen molar-refractivity contribution in [3.8, 4) is 17.6 Å². The van der Waals surface area contributed by atoms with Gasteiger partial charge in [-0.1, -0.05) is 29.8 Å². The van der Waals surface area contributed by atoms with Crippen LogP contribution in [0, 0.1) is 11.3 Å². The third kappa shape index (κ3) is 8.07. The maximum absolute atomic E-state index is 12.4. The smallest absolute Gasteiger partial charge is 0.324 e. The number of aromatic nitrogens is 1. The molecule has 1 heterocycles. The molecule has 3 rings (SSSR count). The van der Waals surface area contributed by atoms with Crippen LogP contribution in [0.15, 0.2) is 60.8 Å². The summed E-state index contributed by atoms with van der Waals surface area (Å²) in [6.07, 6.45) is 1.89. The number of methoxy groups -OCH3 is 1. The van der Waals surface area contributed by atoms with Crippen molar-refractivity contribution in [3.63, 3.8) is 0 Å². The van der Waals surface area contributed by atoms with Gasteiger partial charge in [0.1, 0.15) is 23.4 Å². The van der Waals surface area contributed by atoms with Gasteiger partial charge in [-0.05, 0) is 42.8 Å². The molecule has 0 saturated carbocycles. The Hall–Kier alpha value is -4.49. The number of nitrogens with one attached hydrogen (secondary N) is 4. The summed E-state index contributed by atoms with van der Waals surface area (Å²) >= 11 is 6.07. The van der Waals surface area contributed by atoms with E-state index in [4.69, 9.17) is 26.3 Å². The number of benzene rings is 2. The summed E-state index contributed by atoms with van der Waals surface area (Å²) in [6, 6.07) is 16.5. The van der Waals surface area contributed by atoms with Crippen molar-refractivity contribution in [2.75, 3.05) is 30.9 Å². The molecule has 0 radical (unpaired) electrons. The van der Waals surface area contributed by atoms with Crippen molar-refractivity contribution in [1.29, 1.82) is 5.26 Å². The molecular weight excluding hydrogens is 484 g/mol. The van der Waals surface area contributed by atoms with Crippen LogP contribution in [0.3, 0.4) is 0 Å². The number of amides is 4. The molecule has 1 aromatic heterocycles. The average molecular weight is 509 g/mol. The molecule has 36 heavy (non-hydrogen) atoms. The molecular formula is C25H25ClN6O4. The standard InChI is InChI=1S/C25H25ClN6O4/c1-35-21-6-3-2-5-18(21)16-30-24(33)28-11-4-12-36-22-9-8-19(26)13-20(22)31-25(34)32-23-10-7-17(14-27)15-29-23/h2-3,5-10,13,15H,4,11-12,16H2,1H3,(H2,28,30,33)(H2,29,31,32,34). The Morgan fingerprint density at radius 1 is 1.03 bits per heavy atom. The van der Waals surface area contributed by atoms with Gasteiger partial charge in [0.05, 0.1) is 25.0 Å². The minimum absolute atomic E-state index is 0.283. The largest absolute Gasteiger partial charge is 0.496 e. The van der Waals surface area contributed by atoms with Gasteiger partial charge >= 0.3 is 12.1 Å². The number of carbonyl (C=O) groups is 2. The van der Waals surface area contributed by atoms with Gasteiger partial charge in [0.25, 0.3) is 0 Å². The molecule has 0 spiro atoms. The number of hydrogen-bond acceptors (Lipinski definition) is 6. The van der Waals surface area contributed by atoms with E-state index < -0.39 is 6.03 Å². The fourth-order valence-corrected chi connectivity index (χ4v) is 3.24. The molecule has 11 heteroatoms. The second kappa shape index (κ2) is 13.4. The zero-order valence-corrected chi connectivity index (χ0v) is 20.3. The third-order valence-corrected chi connectivity index (χ3v) is 5.06. The monoisotopic (exact) mass is 508 g/mol. The van der Waals surface area contributed by atoms with E-state index in [-0.39, 0.29) is 11.8 Å². The van der Waals surface area contributed by atoms with Crippen molar-refractivity contribution < 1.29 is 19.1 Å². The zero-order valence-electron chi connectivity index (χ0n) is 19.5. The number of nitrogens with zero attached hydrogens (tertiary/aromatic N) is 2. The van der Waals surface area contributed by atoms with Crippen LogP contribution in [-0.4, -0.2) is 37.3 Å². The maximum atomic E-state index is 12.4. The van der Waals surface area contributed by atoms with E-state index in [9.17, 15) is 9.59 Å². The van der Waals surface area contributed by atoms with Gasteiger partial charge in [-0.3, -0.25) is 5.32 Å². The average Bonchev–Trinajstić information content (AvgIpc) is 2.89. The summed E-state index contributed by atoms with van der Waals surface area (Å²) in [4.78, 5) is 28.4. The first-order valence-corrected chi connectivity index (χ1v) is 11.4. The predicted molar refractivity (Wildman–Crippen MR) is 136 cm³/mol. The second-order valence-corrected chi connectivity index (χ2v) is 7.82. The maximum Gasteiger partial charge on any atom is 0.324 e. The van der Waals surface area contributed by atoms with Crippen LogP contribution in [0.2, 0.25) is 5.02 Å². The Morgan fingerprint density at radius 2 is 1.86 bits per heavy atom. The van der Waals surface area contributed by atoms with Gasteiger partial charge in [0.2, 0.25) is 0 Å². The van der Waals surface area contributed by atoms with Crippen LogP contribution in [-0.2, 0) is 6.54 Å². The molecule has 4 amide bonds. The molecule has 10 nitrogen and oxygen atoms in total. The first-order valence-electron chi connectivity index (χ1n) is 11.0. The van der Waals surface area contributed by atoms with Gasteiger partial charge in [-0.15, -0.1) is 0 Å². The Labute approximate surface area is 213 Å². The summed E-state index contributed by atoms with van der Waals surface area (Å²) in [5, 5.41) is 20.1. The van der Waals surface area contributed by atoms with E-state index in [0.29, 0.717) is 53.9 Å². The van der Waals surface area contributed by atoms with Gasteiger partial charge in [0, 0.05) is 29.9 Å². The molecule has 2 aromatic carbocycles. The number of urea groups is 2. The summed E-state index contributed by atoms with van der Waals surface area (Å²) in [7, 11) is 1.58. The zero-order chi connectivity index (χ0) is 25.8. The number of carbonyl (C=O) groups excluding carboxylic acids is 2. The molecule has 0 fully saturated rings. The first-order chi connectivity index (χ1) is 17.5. The lowest BCUT2D eigenvalue weighted by Gasteiger charge is -2.14. The van der Waals surface area contributed by atoms with Crippen LogP contribution in [0.25, 0.3) is 0 Å². The van der Waals surface area contributed by atoms with Gasteiger partial charge < -0.3 is 25.4 Å². The molecule has 0 aliphatic carbocycles. The lowest BCUT2D eigenvalue weighted by atomic mass is 10.2. The minimum Gasteiger partial charge on any atom is -0.496 e. The molecule has 3 aromatic rings. The van der Waals surface area contributed by atoms with Crippen LogP contribution in [0.4, 0.5) is 21.1 Å². The van der Waals surface area contributed by atoms with Crippen molar-refractivity contribution in [2.24, 2.45) is 0 Å². The van der Waals surface area contributed by atoms with E-state index >= 15 is 0 Å². The fourth-order valence-electron chi connectivity index (χ4n) is 3.07. The number of halogens is 1. The quantitative estimate of drug-likeness (QED) is 0.297. The number of anilines is 2. The van der Waals surface area contributed by atoms with Crippen LogP contribution in [0.5, 0.6) is 11.5 Å². The summed E-state index contributed by atoms with van der Waals surface area (Å²) in [5.41, 5.74) is 1.63. The molecule has 186 valence electrons. The molecule has 0 aliphatic heterocycles. The van der Waals surface area contributed by atoms with Gasteiger partial charge in [0.15, 0.2) is 0 Å². The molecule has 0 bridgehead atoms. The van der Waals surface area contributed by atoms with Crippen molar-refractivity contribution >= 4 is 35.2 Å². The SMILES string of the molecule is COc1ccccc1CNC(=O)NCCCOc1ccc(Cl)cc1NC(=O)Nc1ccc(C#N)cn1. The Balaban J connectivity index is 1.43. The Kier molecular flexibility index (Phi) is 9.73. The molecule has 0 atom stereocenters. The van der Waals surface area contributed by atoms with E-state index in [1.807, 2.05) is 30.3 Å². The highest BCUT2D eigenvalue weighted by Gasteiger charge is 2.10. The number of rotatable bonds is 10. The number of hydrogen-bond donors (Lipinski definition) is 4. The van der Waals surface area contributed by atoms with E-state index in [2.05, 4.69) is 26.3 Å². The highest BCUT2D eigenvalue weighted by atomic mass is 35.5. The van der Waals surface area contributed by atoms with E-state index in [0.717, 1.165) is 5.56 Å². The Bertz CT molecular complexity index is 1230. The summed E-state index contributed by atoms with van der Waals surface area (Å²) in [5.74, 6) is 1.41. The van der Waals surface area contributed by atoms with E-state index in [1.165, 1.54) is 12.3 Å². The van der Waals surface area contributed by atoms with Crippen LogP contribution >= 0.6 is 11.6 Å². The number of ether oxygens (including phenoxy) is 2.